The van der Waals surface area contributed by atoms with Gasteiger partial charge in [0.15, 0.2) is 0 Å². The molecule has 9 heteroatoms. The van der Waals surface area contributed by atoms with E-state index in [1.165, 1.54) is 18.2 Å². The normalized spacial score (nSPS) is 20.1. The van der Waals surface area contributed by atoms with Crippen molar-refractivity contribution in [2.45, 2.75) is 26.1 Å². The number of halogens is 3. The molecule has 0 bridgehead atoms. The van der Waals surface area contributed by atoms with Crippen LogP contribution in [0.25, 0.3) is 22.4 Å². The number of hydrogen-bond donors (Lipinski definition) is 1. The second-order valence-corrected chi connectivity index (χ2v) is 7.86. The third-order valence-corrected chi connectivity index (χ3v) is 5.46. The molecule has 1 fully saturated rings. The number of alkyl halides is 3. The van der Waals surface area contributed by atoms with Gasteiger partial charge in [-0.3, -0.25) is 4.79 Å². The standard InChI is InChI=1S/C21H21F3N4O2/c1-11-9-28(3)10-17(11)25-19(29)15-8-16(26-20-18(15)12(2)27-30-20)13-5-4-6-14(7-13)21(22,23)24/h4-8,11,17H,9-10H2,1-3H3,(H,25,29). The lowest BCUT2D eigenvalue weighted by molar-refractivity contribution is -0.137. The minimum absolute atomic E-state index is 0.0251. The van der Waals surface area contributed by atoms with Crippen LogP contribution in [0.2, 0.25) is 0 Å². The Hall–Kier alpha value is -2.94. The van der Waals surface area contributed by atoms with Crippen LogP contribution in [-0.4, -0.2) is 47.1 Å². The van der Waals surface area contributed by atoms with E-state index in [0.717, 1.165) is 25.2 Å². The highest BCUT2D eigenvalue weighted by molar-refractivity contribution is 6.07. The van der Waals surface area contributed by atoms with Crippen molar-refractivity contribution in [3.05, 3.63) is 47.2 Å². The molecule has 2 unspecified atom stereocenters. The Morgan fingerprint density at radius 2 is 2.03 bits per heavy atom. The SMILES string of the molecule is Cc1noc2nc(-c3cccc(C(F)(F)F)c3)cc(C(=O)NC3CN(C)CC3C)c12. The van der Waals surface area contributed by atoms with Gasteiger partial charge < -0.3 is 14.7 Å². The number of nitrogens with zero attached hydrogens (tertiary/aromatic N) is 3. The van der Waals surface area contributed by atoms with Crippen molar-refractivity contribution in [3.8, 4) is 11.3 Å². The number of likely N-dealkylation sites (tertiary alicyclic amines) is 1. The molecule has 0 spiro atoms. The Bertz CT molecular complexity index is 1110. The van der Waals surface area contributed by atoms with Crippen molar-refractivity contribution in [1.29, 1.82) is 0 Å². The maximum atomic E-state index is 13.1. The predicted octanol–water partition coefficient (Wildman–Crippen LogP) is 3.90. The number of fused-ring (bicyclic) bond motifs is 1. The first-order valence-corrected chi connectivity index (χ1v) is 9.57. The van der Waals surface area contributed by atoms with Crippen LogP contribution in [0.5, 0.6) is 0 Å². The zero-order chi connectivity index (χ0) is 21.6. The van der Waals surface area contributed by atoms with Gasteiger partial charge in [-0.2, -0.15) is 13.2 Å². The van der Waals surface area contributed by atoms with E-state index in [1.807, 2.05) is 7.05 Å². The highest BCUT2D eigenvalue weighted by Gasteiger charge is 2.32. The van der Waals surface area contributed by atoms with Crippen LogP contribution in [0, 0.1) is 12.8 Å². The molecule has 2 atom stereocenters. The first-order chi connectivity index (χ1) is 14.1. The molecule has 2 aromatic heterocycles. The first-order valence-electron chi connectivity index (χ1n) is 9.57. The van der Waals surface area contributed by atoms with Gasteiger partial charge in [-0.15, -0.1) is 0 Å². The second-order valence-electron chi connectivity index (χ2n) is 7.86. The summed E-state index contributed by atoms with van der Waals surface area (Å²) in [4.78, 5) is 19.6. The Labute approximate surface area is 171 Å². The smallest absolute Gasteiger partial charge is 0.348 e. The predicted molar refractivity (Wildman–Crippen MR) is 105 cm³/mol. The fraction of sp³-hybridized carbons (Fsp3) is 0.381. The molecule has 0 aliphatic carbocycles. The fourth-order valence-corrected chi connectivity index (χ4v) is 3.92. The van der Waals surface area contributed by atoms with Crippen molar-refractivity contribution < 1.29 is 22.5 Å². The average molecular weight is 418 g/mol. The van der Waals surface area contributed by atoms with Crippen molar-refractivity contribution in [1.82, 2.24) is 20.4 Å². The summed E-state index contributed by atoms with van der Waals surface area (Å²) in [6, 6.07) is 6.30. The Morgan fingerprint density at radius 1 is 1.27 bits per heavy atom. The van der Waals surface area contributed by atoms with Gasteiger partial charge in [-0.05, 0) is 38.1 Å². The number of carbonyl (C=O) groups excluding carboxylic acids is 1. The van der Waals surface area contributed by atoms with E-state index in [2.05, 4.69) is 27.3 Å². The summed E-state index contributed by atoms with van der Waals surface area (Å²) in [5.74, 6) is -0.0446. The van der Waals surface area contributed by atoms with E-state index in [1.54, 1.807) is 6.92 Å². The molecule has 4 rings (SSSR count). The summed E-state index contributed by atoms with van der Waals surface area (Å²) in [5, 5.41) is 7.38. The summed E-state index contributed by atoms with van der Waals surface area (Å²) in [7, 11) is 1.99. The van der Waals surface area contributed by atoms with Crippen LogP contribution >= 0.6 is 0 Å². The number of hydrogen-bond acceptors (Lipinski definition) is 5. The Morgan fingerprint density at radius 3 is 2.70 bits per heavy atom. The van der Waals surface area contributed by atoms with Gasteiger partial charge in [0.1, 0.15) is 0 Å². The van der Waals surface area contributed by atoms with Gasteiger partial charge in [-0.1, -0.05) is 24.2 Å². The van der Waals surface area contributed by atoms with Crippen LogP contribution in [-0.2, 0) is 6.18 Å². The number of aromatic nitrogens is 2. The van der Waals surface area contributed by atoms with Crippen LogP contribution in [0.15, 0.2) is 34.9 Å². The summed E-state index contributed by atoms with van der Waals surface area (Å²) >= 11 is 0. The van der Waals surface area contributed by atoms with E-state index in [-0.39, 0.29) is 40.4 Å². The number of carbonyl (C=O) groups is 1. The molecule has 3 heterocycles. The average Bonchev–Trinajstić information content (AvgIpc) is 3.22. The molecule has 1 aliphatic rings. The lowest BCUT2D eigenvalue weighted by Gasteiger charge is -2.17. The lowest BCUT2D eigenvalue weighted by Crippen LogP contribution is -2.39. The highest BCUT2D eigenvalue weighted by Crippen LogP contribution is 2.33. The van der Waals surface area contributed by atoms with E-state index in [4.69, 9.17) is 4.52 Å². The number of pyridine rings is 1. The fourth-order valence-electron chi connectivity index (χ4n) is 3.92. The first kappa shape index (κ1) is 20.3. The van der Waals surface area contributed by atoms with Crippen molar-refractivity contribution >= 4 is 17.0 Å². The molecule has 30 heavy (non-hydrogen) atoms. The molecule has 0 radical (unpaired) electrons. The van der Waals surface area contributed by atoms with Crippen molar-refractivity contribution in [2.24, 2.45) is 5.92 Å². The van der Waals surface area contributed by atoms with Gasteiger partial charge in [0.05, 0.1) is 27.9 Å². The Balaban J connectivity index is 1.77. The summed E-state index contributed by atoms with van der Waals surface area (Å²) in [5.41, 5.74) is 0.562. The van der Waals surface area contributed by atoms with E-state index < -0.39 is 11.7 Å². The van der Waals surface area contributed by atoms with E-state index >= 15 is 0 Å². The quantitative estimate of drug-likeness (QED) is 0.699. The van der Waals surface area contributed by atoms with Gasteiger partial charge in [0.25, 0.3) is 11.6 Å². The van der Waals surface area contributed by atoms with Crippen LogP contribution < -0.4 is 5.32 Å². The Kier molecular flexibility index (Phi) is 5.01. The highest BCUT2D eigenvalue weighted by atomic mass is 19.4. The molecular formula is C21H21F3N4O2. The third-order valence-electron chi connectivity index (χ3n) is 5.46. The van der Waals surface area contributed by atoms with Gasteiger partial charge in [0, 0.05) is 24.7 Å². The van der Waals surface area contributed by atoms with E-state index in [0.29, 0.717) is 11.1 Å². The van der Waals surface area contributed by atoms with Gasteiger partial charge in [-0.25, -0.2) is 4.98 Å². The molecule has 1 saturated heterocycles. The molecule has 3 aromatic rings. The third kappa shape index (κ3) is 3.77. The van der Waals surface area contributed by atoms with Crippen molar-refractivity contribution in [3.63, 3.8) is 0 Å². The number of amides is 1. The molecular weight excluding hydrogens is 397 g/mol. The second kappa shape index (κ2) is 7.39. The molecule has 1 amide bonds. The topological polar surface area (TPSA) is 71.3 Å². The summed E-state index contributed by atoms with van der Waals surface area (Å²) in [6.45, 7) is 5.36. The minimum Gasteiger partial charge on any atom is -0.348 e. The van der Waals surface area contributed by atoms with Crippen molar-refractivity contribution in [2.75, 3.05) is 20.1 Å². The summed E-state index contributed by atoms with van der Waals surface area (Å²) in [6.07, 6.45) is -4.48. The van der Waals surface area contributed by atoms with Crippen LogP contribution in [0.4, 0.5) is 13.2 Å². The number of nitrogens with one attached hydrogen (secondary N) is 1. The molecule has 0 saturated carbocycles. The van der Waals surface area contributed by atoms with E-state index in [9.17, 15) is 18.0 Å². The monoisotopic (exact) mass is 418 g/mol. The number of rotatable bonds is 3. The zero-order valence-corrected chi connectivity index (χ0v) is 16.7. The molecule has 1 aromatic carbocycles. The number of benzene rings is 1. The number of aryl methyl sites for hydroxylation is 1. The molecule has 1 N–H and O–H groups in total. The largest absolute Gasteiger partial charge is 0.416 e. The minimum atomic E-state index is -4.48. The van der Waals surface area contributed by atoms with Crippen LogP contribution in [0.1, 0.15) is 28.5 Å². The zero-order valence-electron chi connectivity index (χ0n) is 16.7. The molecule has 6 nitrogen and oxygen atoms in total. The molecule has 158 valence electrons. The molecule has 1 aliphatic heterocycles. The maximum absolute atomic E-state index is 13.1. The maximum Gasteiger partial charge on any atom is 0.416 e. The van der Waals surface area contributed by atoms with Gasteiger partial charge in [0.2, 0.25) is 0 Å². The lowest BCUT2D eigenvalue weighted by atomic mass is 10.0. The van der Waals surface area contributed by atoms with Gasteiger partial charge >= 0.3 is 6.18 Å². The van der Waals surface area contributed by atoms with Crippen LogP contribution in [0.3, 0.4) is 0 Å². The summed E-state index contributed by atoms with van der Waals surface area (Å²) < 4.78 is 44.6. The number of likely N-dealkylation sites (N-methyl/N-ethyl adjacent to an activating group) is 1.